The molecule has 0 aliphatic carbocycles. The van der Waals surface area contributed by atoms with Gasteiger partial charge >= 0.3 is 0 Å². The Kier molecular flexibility index (Phi) is 4.50. The molecular formula is C17H19F2N. The maximum Gasteiger partial charge on any atom is 0.129 e. The van der Waals surface area contributed by atoms with Crippen LogP contribution in [0.2, 0.25) is 0 Å². The van der Waals surface area contributed by atoms with Crippen LogP contribution in [0.5, 0.6) is 0 Å². The van der Waals surface area contributed by atoms with Gasteiger partial charge in [0.05, 0.1) is 0 Å². The molecule has 0 saturated carbocycles. The Morgan fingerprint density at radius 1 is 1.05 bits per heavy atom. The summed E-state index contributed by atoms with van der Waals surface area (Å²) in [7, 11) is 0. The average Bonchev–Trinajstić information content (AvgIpc) is 2.43. The first-order chi connectivity index (χ1) is 9.55. The Morgan fingerprint density at radius 3 is 2.35 bits per heavy atom. The Hall–Kier alpha value is -1.74. The lowest BCUT2D eigenvalue weighted by atomic mass is 9.81. The molecule has 0 amide bonds. The lowest BCUT2D eigenvalue weighted by molar-refractivity contribution is 0.393. The second-order valence-electron chi connectivity index (χ2n) is 5.18. The highest BCUT2D eigenvalue weighted by atomic mass is 19.1. The van der Waals surface area contributed by atoms with Crippen LogP contribution in [0.15, 0.2) is 48.5 Å². The van der Waals surface area contributed by atoms with Crippen LogP contribution in [0.25, 0.3) is 0 Å². The largest absolute Gasteiger partial charge is 0.321 e. The van der Waals surface area contributed by atoms with Gasteiger partial charge in [-0.1, -0.05) is 49.7 Å². The first-order valence-corrected chi connectivity index (χ1v) is 6.83. The van der Waals surface area contributed by atoms with Crippen LogP contribution in [0, 0.1) is 11.6 Å². The van der Waals surface area contributed by atoms with Crippen LogP contribution < -0.4 is 5.73 Å². The fourth-order valence-corrected chi connectivity index (χ4v) is 2.56. The van der Waals surface area contributed by atoms with E-state index in [1.807, 2.05) is 37.3 Å². The number of halogens is 2. The highest BCUT2D eigenvalue weighted by Gasteiger charge is 2.27. The van der Waals surface area contributed by atoms with Gasteiger partial charge in [-0.3, -0.25) is 0 Å². The van der Waals surface area contributed by atoms with Crippen molar-refractivity contribution in [2.45, 2.75) is 31.7 Å². The van der Waals surface area contributed by atoms with E-state index in [0.717, 1.165) is 24.5 Å². The molecule has 0 fully saturated rings. The quantitative estimate of drug-likeness (QED) is 0.871. The van der Waals surface area contributed by atoms with Crippen LogP contribution in [0.1, 0.15) is 30.9 Å². The monoisotopic (exact) mass is 275 g/mol. The normalized spacial score (nSPS) is 14.0. The summed E-state index contributed by atoms with van der Waals surface area (Å²) in [5, 5.41) is 0. The highest BCUT2D eigenvalue weighted by Crippen LogP contribution is 2.29. The highest BCUT2D eigenvalue weighted by molar-refractivity contribution is 5.29. The van der Waals surface area contributed by atoms with E-state index < -0.39 is 17.2 Å². The van der Waals surface area contributed by atoms with E-state index in [4.69, 9.17) is 5.73 Å². The molecule has 2 aromatic carbocycles. The summed E-state index contributed by atoms with van der Waals surface area (Å²) >= 11 is 0. The van der Waals surface area contributed by atoms with Crippen molar-refractivity contribution in [2.24, 2.45) is 5.73 Å². The lowest BCUT2D eigenvalue weighted by Crippen LogP contribution is -2.39. The van der Waals surface area contributed by atoms with Crippen molar-refractivity contribution in [1.82, 2.24) is 0 Å². The fraction of sp³-hybridized carbons (Fsp3) is 0.294. The van der Waals surface area contributed by atoms with Gasteiger partial charge in [-0.05, 0) is 30.0 Å². The molecule has 2 aromatic rings. The van der Waals surface area contributed by atoms with Crippen molar-refractivity contribution in [3.05, 3.63) is 71.3 Å². The molecular weight excluding hydrogens is 256 g/mol. The van der Waals surface area contributed by atoms with Crippen LogP contribution >= 0.6 is 0 Å². The molecule has 0 spiro atoms. The summed E-state index contributed by atoms with van der Waals surface area (Å²) in [4.78, 5) is 0. The Bertz CT molecular complexity index is 568. The molecule has 0 aliphatic rings. The molecule has 1 unspecified atom stereocenters. The van der Waals surface area contributed by atoms with Gasteiger partial charge < -0.3 is 5.73 Å². The van der Waals surface area contributed by atoms with E-state index in [1.54, 1.807) is 0 Å². The zero-order valence-electron chi connectivity index (χ0n) is 11.6. The first-order valence-electron chi connectivity index (χ1n) is 6.83. The molecule has 1 nitrogen and oxygen atoms in total. The van der Waals surface area contributed by atoms with E-state index in [9.17, 15) is 8.78 Å². The van der Waals surface area contributed by atoms with Gasteiger partial charge in [-0.2, -0.15) is 0 Å². The lowest BCUT2D eigenvalue weighted by Gasteiger charge is -2.30. The van der Waals surface area contributed by atoms with Crippen LogP contribution in [0.4, 0.5) is 8.78 Å². The smallest absolute Gasteiger partial charge is 0.129 e. The van der Waals surface area contributed by atoms with Crippen molar-refractivity contribution < 1.29 is 8.78 Å². The van der Waals surface area contributed by atoms with Crippen molar-refractivity contribution in [3.8, 4) is 0 Å². The van der Waals surface area contributed by atoms with E-state index in [-0.39, 0.29) is 0 Å². The van der Waals surface area contributed by atoms with Crippen molar-refractivity contribution in [1.29, 1.82) is 0 Å². The molecule has 0 aliphatic heterocycles. The number of nitrogens with two attached hydrogens (primary N) is 1. The van der Waals surface area contributed by atoms with E-state index in [0.29, 0.717) is 12.0 Å². The zero-order valence-corrected chi connectivity index (χ0v) is 11.6. The predicted octanol–water partition coefficient (Wildman–Crippen LogP) is 4.16. The summed E-state index contributed by atoms with van der Waals surface area (Å²) < 4.78 is 26.8. The van der Waals surface area contributed by atoms with Crippen LogP contribution in [0.3, 0.4) is 0 Å². The number of benzene rings is 2. The summed E-state index contributed by atoms with van der Waals surface area (Å²) in [6.45, 7) is 2.05. The van der Waals surface area contributed by atoms with Gasteiger partial charge in [-0.25, -0.2) is 8.78 Å². The predicted molar refractivity (Wildman–Crippen MR) is 77.3 cm³/mol. The Labute approximate surface area is 118 Å². The standard InChI is InChI=1S/C17H19F2N/c1-2-10-17(20,14-6-4-3-5-7-14)12-13-8-9-15(18)11-16(13)19/h3-9,11H,2,10,12,20H2,1H3. The summed E-state index contributed by atoms with van der Waals surface area (Å²) in [5.74, 6) is -1.10. The van der Waals surface area contributed by atoms with Gasteiger partial charge in [-0.15, -0.1) is 0 Å². The molecule has 2 rings (SSSR count). The molecule has 20 heavy (non-hydrogen) atoms. The van der Waals surface area contributed by atoms with E-state index in [1.165, 1.54) is 12.1 Å². The van der Waals surface area contributed by atoms with Gasteiger partial charge in [0.15, 0.2) is 0 Å². The first kappa shape index (κ1) is 14.7. The molecule has 0 radical (unpaired) electrons. The zero-order chi connectivity index (χ0) is 14.6. The van der Waals surface area contributed by atoms with E-state index >= 15 is 0 Å². The number of hydrogen-bond donors (Lipinski definition) is 1. The topological polar surface area (TPSA) is 26.0 Å². The maximum atomic E-state index is 13.8. The summed E-state index contributed by atoms with van der Waals surface area (Å²) in [6, 6.07) is 13.3. The third kappa shape index (κ3) is 3.23. The van der Waals surface area contributed by atoms with E-state index in [2.05, 4.69) is 0 Å². The molecule has 106 valence electrons. The molecule has 1 atom stereocenters. The molecule has 0 saturated heterocycles. The van der Waals surface area contributed by atoms with Crippen LogP contribution in [-0.4, -0.2) is 0 Å². The minimum Gasteiger partial charge on any atom is -0.321 e. The van der Waals surface area contributed by atoms with Gasteiger partial charge in [0.1, 0.15) is 11.6 Å². The SMILES string of the molecule is CCCC(N)(Cc1ccc(F)cc1F)c1ccccc1. The average molecular weight is 275 g/mol. The molecule has 3 heteroatoms. The van der Waals surface area contributed by atoms with Gasteiger partial charge in [0.25, 0.3) is 0 Å². The minimum atomic E-state index is -0.630. The third-order valence-electron chi connectivity index (χ3n) is 3.57. The summed E-state index contributed by atoms with van der Waals surface area (Å²) in [5.41, 5.74) is 7.31. The minimum absolute atomic E-state index is 0.358. The third-order valence-corrected chi connectivity index (χ3v) is 3.57. The second kappa shape index (κ2) is 6.14. The van der Waals surface area contributed by atoms with Crippen LogP contribution in [-0.2, 0) is 12.0 Å². The summed E-state index contributed by atoms with van der Waals surface area (Å²) in [6.07, 6.45) is 2.00. The fourth-order valence-electron chi connectivity index (χ4n) is 2.56. The van der Waals surface area contributed by atoms with Crippen molar-refractivity contribution in [2.75, 3.05) is 0 Å². The maximum absolute atomic E-state index is 13.8. The Morgan fingerprint density at radius 2 is 1.75 bits per heavy atom. The molecule has 0 bridgehead atoms. The second-order valence-corrected chi connectivity index (χ2v) is 5.18. The number of hydrogen-bond acceptors (Lipinski definition) is 1. The van der Waals surface area contributed by atoms with Crippen molar-refractivity contribution in [3.63, 3.8) is 0 Å². The molecule has 0 aromatic heterocycles. The molecule has 0 heterocycles. The molecule has 2 N–H and O–H groups in total. The number of rotatable bonds is 5. The van der Waals surface area contributed by atoms with Crippen molar-refractivity contribution >= 4 is 0 Å². The van der Waals surface area contributed by atoms with Gasteiger partial charge in [0.2, 0.25) is 0 Å². The van der Waals surface area contributed by atoms with Gasteiger partial charge in [0, 0.05) is 11.6 Å². The Balaban J connectivity index is 2.34.